The molecule has 7 nitrogen and oxygen atoms in total. The molecule has 2 aromatic rings. The molecule has 0 atom stereocenters. The summed E-state index contributed by atoms with van der Waals surface area (Å²) < 4.78 is 10.5. The van der Waals surface area contributed by atoms with Crippen LogP contribution < -0.4 is 19.7 Å². The fourth-order valence-corrected chi connectivity index (χ4v) is 3.48. The van der Waals surface area contributed by atoms with Crippen molar-refractivity contribution in [2.45, 2.75) is 20.8 Å². The van der Waals surface area contributed by atoms with E-state index < -0.39 is 17.8 Å². The molecule has 0 aromatic heterocycles. The Bertz CT molecular complexity index is 1030. The van der Waals surface area contributed by atoms with E-state index in [0.717, 1.165) is 21.6 Å². The molecule has 7 heteroatoms. The van der Waals surface area contributed by atoms with Gasteiger partial charge in [-0.05, 0) is 50.1 Å². The summed E-state index contributed by atoms with van der Waals surface area (Å²) in [5, 5.41) is 2.25. The second-order valence-corrected chi connectivity index (χ2v) is 6.81. The van der Waals surface area contributed by atoms with Crippen molar-refractivity contribution in [3.8, 4) is 11.5 Å². The minimum atomic E-state index is -0.770. The van der Waals surface area contributed by atoms with Gasteiger partial charge in [0.1, 0.15) is 17.1 Å². The minimum Gasteiger partial charge on any atom is -0.497 e. The second kappa shape index (κ2) is 7.79. The number of barbiturate groups is 1. The lowest BCUT2D eigenvalue weighted by Crippen LogP contribution is -2.54. The van der Waals surface area contributed by atoms with E-state index in [9.17, 15) is 14.4 Å². The summed E-state index contributed by atoms with van der Waals surface area (Å²) in [4.78, 5) is 39.1. The number of nitrogens with one attached hydrogen (secondary N) is 1. The maximum atomic E-state index is 13.2. The van der Waals surface area contributed by atoms with Gasteiger partial charge in [-0.2, -0.15) is 0 Å². The number of anilines is 1. The van der Waals surface area contributed by atoms with Crippen LogP contribution in [0.1, 0.15) is 22.3 Å². The number of urea groups is 1. The van der Waals surface area contributed by atoms with Gasteiger partial charge in [0.2, 0.25) is 0 Å². The highest BCUT2D eigenvalue weighted by Crippen LogP contribution is 2.31. The zero-order chi connectivity index (χ0) is 21.3. The molecule has 0 unspecified atom stereocenters. The molecule has 1 aliphatic heterocycles. The van der Waals surface area contributed by atoms with Gasteiger partial charge in [-0.15, -0.1) is 0 Å². The summed E-state index contributed by atoms with van der Waals surface area (Å²) in [7, 11) is 3.01. The molecule has 3 rings (SSSR count). The third-order valence-electron chi connectivity index (χ3n) is 4.70. The molecule has 150 valence electrons. The van der Waals surface area contributed by atoms with E-state index in [4.69, 9.17) is 9.47 Å². The van der Waals surface area contributed by atoms with E-state index in [1.165, 1.54) is 20.3 Å². The van der Waals surface area contributed by atoms with Crippen LogP contribution in [0, 0.1) is 20.8 Å². The lowest BCUT2D eigenvalue weighted by Gasteiger charge is -2.29. The Morgan fingerprint density at radius 2 is 1.59 bits per heavy atom. The molecule has 1 aliphatic rings. The van der Waals surface area contributed by atoms with Gasteiger partial charge in [0, 0.05) is 11.6 Å². The monoisotopic (exact) mass is 394 g/mol. The first kappa shape index (κ1) is 20.1. The van der Waals surface area contributed by atoms with Crippen molar-refractivity contribution < 1.29 is 23.9 Å². The number of methoxy groups -OCH3 is 2. The Morgan fingerprint density at radius 3 is 2.17 bits per heavy atom. The lowest BCUT2D eigenvalue weighted by atomic mass is 10.0. The molecular weight excluding hydrogens is 372 g/mol. The smallest absolute Gasteiger partial charge is 0.335 e. The van der Waals surface area contributed by atoms with E-state index in [-0.39, 0.29) is 5.57 Å². The van der Waals surface area contributed by atoms with Crippen molar-refractivity contribution >= 4 is 29.6 Å². The molecule has 0 aliphatic carbocycles. The summed E-state index contributed by atoms with van der Waals surface area (Å²) in [5.74, 6) is -0.432. The first-order valence-corrected chi connectivity index (χ1v) is 8.98. The molecule has 2 aromatic carbocycles. The molecule has 1 N–H and O–H groups in total. The molecule has 0 bridgehead atoms. The molecular formula is C22H22N2O5. The topological polar surface area (TPSA) is 84.9 Å². The minimum absolute atomic E-state index is 0.160. The largest absolute Gasteiger partial charge is 0.497 e. The van der Waals surface area contributed by atoms with E-state index in [2.05, 4.69) is 5.32 Å². The number of carbonyl (C=O) groups is 3. The maximum Gasteiger partial charge on any atom is 0.335 e. The van der Waals surface area contributed by atoms with Gasteiger partial charge in [-0.1, -0.05) is 17.7 Å². The first-order chi connectivity index (χ1) is 13.8. The molecule has 4 amide bonds. The molecule has 0 saturated carbocycles. The summed E-state index contributed by atoms with van der Waals surface area (Å²) in [6, 6.07) is 8.01. The number of nitrogens with zero attached hydrogens (tertiary/aromatic N) is 1. The Labute approximate surface area is 168 Å². The van der Waals surface area contributed by atoms with Gasteiger partial charge in [0.25, 0.3) is 11.8 Å². The van der Waals surface area contributed by atoms with Crippen molar-refractivity contribution in [2.24, 2.45) is 0 Å². The summed E-state index contributed by atoms with van der Waals surface area (Å²) >= 11 is 0. The normalized spacial score (nSPS) is 15.6. The number of benzene rings is 2. The fourth-order valence-electron chi connectivity index (χ4n) is 3.48. The molecule has 1 saturated heterocycles. The molecule has 0 spiro atoms. The predicted molar refractivity (Wildman–Crippen MR) is 109 cm³/mol. The Kier molecular flexibility index (Phi) is 5.41. The van der Waals surface area contributed by atoms with Crippen molar-refractivity contribution in [3.05, 3.63) is 58.2 Å². The lowest BCUT2D eigenvalue weighted by molar-refractivity contribution is -0.122. The zero-order valence-corrected chi connectivity index (χ0v) is 17.0. The van der Waals surface area contributed by atoms with Gasteiger partial charge in [0.15, 0.2) is 0 Å². The molecule has 0 radical (unpaired) electrons. The average molecular weight is 394 g/mol. The Hall–Kier alpha value is -3.61. The summed E-state index contributed by atoms with van der Waals surface area (Å²) in [5.41, 5.74) is 3.37. The molecule has 1 heterocycles. The molecule has 1 fully saturated rings. The third kappa shape index (κ3) is 3.71. The fraction of sp³-hybridized carbons (Fsp3) is 0.227. The van der Waals surface area contributed by atoms with Crippen LogP contribution in [0.5, 0.6) is 11.5 Å². The highest BCUT2D eigenvalue weighted by atomic mass is 16.5. The Balaban J connectivity index is 2.10. The van der Waals surface area contributed by atoms with Gasteiger partial charge >= 0.3 is 6.03 Å². The van der Waals surface area contributed by atoms with Gasteiger partial charge < -0.3 is 9.47 Å². The number of aryl methyl sites for hydroxylation is 3. The number of amides is 4. The van der Waals surface area contributed by atoms with Crippen LogP contribution in [0.3, 0.4) is 0 Å². The highest BCUT2D eigenvalue weighted by molar-refractivity contribution is 6.39. The maximum absolute atomic E-state index is 13.2. The number of imide groups is 2. The number of hydrogen-bond donors (Lipinski definition) is 1. The average Bonchev–Trinajstić information content (AvgIpc) is 2.66. The standard InChI is InChI=1S/C22H22N2O5/c1-12-8-13(2)19(14(3)9-12)24-21(26)17(20(25)23-22(24)27)10-15-6-7-16(28-4)11-18(15)29-5/h6-11H,1-5H3,(H,23,25,27). The van der Waals surface area contributed by atoms with Crippen LogP contribution in [0.25, 0.3) is 6.08 Å². The van der Waals surface area contributed by atoms with Crippen molar-refractivity contribution in [2.75, 3.05) is 19.1 Å². The number of rotatable bonds is 4. The Morgan fingerprint density at radius 1 is 0.931 bits per heavy atom. The van der Waals surface area contributed by atoms with Gasteiger partial charge in [-0.25, -0.2) is 9.69 Å². The quantitative estimate of drug-likeness (QED) is 0.635. The second-order valence-electron chi connectivity index (χ2n) is 6.81. The van der Waals surface area contributed by atoms with Gasteiger partial charge in [-0.3, -0.25) is 14.9 Å². The van der Waals surface area contributed by atoms with Crippen molar-refractivity contribution in [1.29, 1.82) is 0 Å². The van der Waals surface area contributed by atoms with E-state index >= 15 is 0 Å². The number of ether oxygens (including phenoxy) is 2. The SMILES string of the molecule is COc1ccc(C=C2C(=O)NC(=O)N(c3c(C)cc(C)cc3C)C2=O)c(OC)c1. The predicted octanol–water partition coefficient (Wildman–Crippen LogP) is 3.30. The zero-order valence-electron chi connectivity index (χ0n) is 17.0. The van der Waals surface area contributed by atoms with Crippen LogP contribution in [0.15, 0.2) is 35.9 Å². The van der Waals surface area contributed by atoms with Gasteiger partial charge in [0.05, 0.1) is 19.9 Å². The van der Waals surface area contributed by atoms with Crippen LogP contribution >= 0.6 is 0 Å². The molecule has 29 heavy (non-hydrogen) atoms. The van der Waals surface area contributed by atoms with Crippen LogP contribution in [0.2, 0.25) is 0 Å². The summed E-state index contributed by atoms with van der Waals surface area (Å²) in [6.07, 6.45) is 1.41. The van der Waals surface area contributed by atoms with Crippen LogP contribution in [-0.2, 0) is 9.59 Å². The number of carbonyl (C=O) groups excluding carboxylic acids is 3. The van der Waals surface area contributed by atoms with Crippen LogP contribution in [-0.4, -0.2) is 32.1 Å². The third-order valence-corrected chi connectivity index (χ3v) is 4.70. The van der Waals surface area contributed by atoms with Crippen LogP contribution in [0.4, 0.5) is 10.5 Å². The van der Waals surface area contributed by atoms with Crippen molar-refractivity contribution in [1.82, 2.24) is 5.32 Å². The highest BCUT2D eigenvalue weighted by Gasteiger charge is 2.38. The van der Waals surface area contributed by atoms with Crippen molar-refractivity contribution in [3.63, 3.8) is 0 Å². The van der Waals surface area contributed by atoms with E-state index in [1.807, 2.05) is 32.9 Å². The summed E-state index contributed by atoms with van der Waals surface area (Å²) in [6.45, 7) is 5.58. The van der Waals surface area contributed by atoms with E-state index in [1.54, 1.807) is 18.2 Å². The van der Waals surface area contributed by atoms with E-state index in [0.29, 0.717) is 22.7 Å². The number of hydrogen-bond acceptors (Lipinski definition) is 5. The first-order valence-electron chi connectivity index (χ1n) is 8.98.